The van der Waals surface area contributed by atoms with Crippen LogP contribution in [0, 0.1) is 5.82 Å². The molecule has 114 valence electrons. The molecule has 7 heteroatoms. The molecule has 1 aromatic carbocycles. The van der Waals surface area contributed by atoms with Gasteiger partial charge in [0, 0.05) is 18.4 Å². The van der Waals surface area contributed by atoms with Gasteiger partial charge in [0.2, 0.25) is 5.91 Å². The average Bonchev–Trinajstić information content (AvgIpc) is 2.50. The minimum absolute atomic E-state index is 0.0865. The molecule has 0 aromatic heterocycles. The fraction of sp³-hybridized carbons (Fsp3) is 0.357. The Kier molecular flexibility index (Phi) is 6.48. The van der Waals surface area contributed by atoms with Gasteiger partial charge in [0.25, 0.3) is 0 Å². The van der Waals surface area contributed by atoms with Crippen molar-refractivity contribution in [2.75, 3.05) is 13.7 Å². The van der Waals surface area contributed by atoms with Crippen LogP contribution in [0.15, 0.2) is 24.3 Å². The molecule has 1 atom stereocenters. The van der Waals surface area contributed by atoms with Crippen molar-refractivity contribution < 1.29 is 28.6 Å². The summed E-state index contributed by atoms with van der Waals surface area (Å²) < 4.78 is 17.1. The number of hydrogen-bond donors (Lipinski definition) is 2. The molecule has 0 heterocycles. The van der Waals surface area contributed by atoms with E-state index in [2.05, 4.69) is 10.1 Å². The molecule has 0 aliphatic rings. The van der Waals surface area contributed by atoms with Crippen LogP contribution in [0.2, 0.25) is 0 Å². The van der Waals surface area contributed by atoms with Crippen molar-refractivity contribution in [2.45, 2.75) is 18.9 Å². The Balaban J connectivity index is 2.47. The first-order chi connectivity index (χ1) is 9.97. The lowest BCUT2D eigenvalue weighted by molar-refractivity contribution is -0.146. The van der Waals surface area contributed by atoms with Crippen LogP contribution in [0.3, 0.4) is 0 Å². The molecule has 0 saturated heterocycles. The number of carbonyl (C=O) groups is 3. The lowest BCUT2D eigenvalue weighted by Gasteiger charge is -2.13. The number of hydrogen-bond acceptors (Lipinski definition) is 5. The van der Waals surface area contributed by atoms with Crippen molar-refractivity contribution in [3.8, 4) is 0 Å². The molecule has 1 aromatic rings. The molecular formula is C14H16FNO5. The zero-order valence-corrected chi connectivity index (χ0v) is 11.5. The Labute approximate surface area is 120 Å². The van der Waals surface area contributed by atoms with Crippen LogP contribution in [0.4, 0.5) is 4.39 Å². The zero-order chi connectivity index (χ0) is 15.8. The van der Waals surface area contributed by atoms with E-state index in [-0.39, 0.29) is 18.6 Å². The maximum absolute atomic E-state index is 12.7. The second-order valence-corrected chi connectivity index (χ2v) is 4.26. The van der Waals surface area contributed by atoms with Gasteiger partial charge >= 0.3 is 5.97 Å². The molecule has 0 aliphatic heterocycles. The number of benzene rings is 1. The van der Waals surface area contributed by atoms with Gasteiger partial charge in [0.15, 0.2) is 11.8 Å². The smallest absolute Gasteiger partial charge is 0.330 e. The van der Waals surface area contributed by atoms with Crippen LogP contribution in [-0.4, -0.2) is 42.5 Å². The molecule has 1 rings (SSSR count). The Morgan fingerprint density at radius 1 is 1.24 bits per heavy atom. The number of halogens is 1. The molecule has 21 heavy (non-hydrogen) atoms. The van der Waals surface area contributed by atoms with E-state index in [1.807, 2.05) is 0 Å². The Morgan fingerprint density at radius 3 is 2.38 bits per heavy atom. The third-order valence-electron chi connectivity index (χ3n) is 2.75. The van der Waals surface area contributed by atoms with Gasteiger partial charge < -0.3 is 15.2 Å². The predicted molar refractivity (Wildman–Crippen MR) is 71.0 cm³/mol. The monoisotopic (exact) mass is 297 g/mol. The highest BCUT2D eigenvalue weighted by Crippen LogP contribution is 2.07. The Bertz CT molecular complexity index is 515. The number of esters is 1. The van der Waals surface area contributed by atoms with Gasteiger partial charge in [-0.2, -0.15) is 0 Å². The Morgan fingerprint density at radius 2 is 1.86 bits per heavy atom. The van der Waals surface area contributed by atoms with E-state index >= 15 is 0 Å². The second-order valence-electron chi connectivity index (χ2n) is 4.26. The summed E-state index contributed by atoms with van der Waals surface area (Å²) in [4.78, 5) is 34.5. The summed E-state index contributed by atoms with van der Waals surface area (Å²) in [6.45, 7) is -0.593. The fourth-order valence-corrected chi connectivity index (χ4v) is 1.60. The number of nitrogens with one attached hydrogen (secondary N) is 1. The van der Waals surface area contributed by atoms with Crippen LogP contribution in [0.1, 0.15) is 23.2 Å². The van der Waals surface area contributed by atoms with E-state index < -0.39 is 30.3 Å². The van der Waals surface area contributed by atoms with E-state index in [0.717, 1.165) is 19.2 Å². The summed E-state index contributed by atoms with van der Waals surface area (Å²) in [6, 6.07) is 3.84. The van der Waals surface area contributed by atoms with Crippen molar-refractivity contribution in [3.63, 3.8) is 0 Å². The number of carbonyl (C=O) groups excluding carboxylic acids is 3. The molecule has 0 radical (unpaired) electrons. The maximum Gasteiger partial charge on any atom is 0.330 e. The summed E-state index contributed by atoms with van der Waals surface area (Å²) in [6.07, 6.45) is -0.236. The molecule has 0 fully saturated rings. The number of ketones is 1. The van der Waals surface area contributed by atoms with Crippen molar-refractivity contribution in [1.82, 2.24) is 5.32 Å². The largest absolute Gasteiger partial charge is 0.467 e. The third kappa shape index (κ3) is 5.31. The minimum atomic E-state index is -1.15. The van der Waals surface area contributed by atoms with Gasteiger partial charge in [-0.05, 0) is 24.3 Å². The van der Waals surface area contributed by atoms with Gasteiger partial charge in [-0.15, -0.1) is 0 Å². The van der Waals surface area contributed by atoms with E-state index in [4.69, 9.17) is 5.11 Å². The highest BCUT2D eigenvalue weighted by atomic mass is 19.1. The molecule has 2 N–H and O–H groups in total. The van der Waals surface area contributed by atoms with Crippen molar-refractivity contribution in [3.05, 3.63) is 35.6 Å². The summed E-state index contributed by atoms with van der Waals surface area (Å²) in [7, 11) is 1.13. The molecular weight excluding hydrogens is 281 g/mol. The van der Waals surface area contributed by atoms with Crippen LogP contribution in [0.25, 0.3) is 0 Å². The molecule has 0 saturated carbocycles. The zero-order valence-electron chi connectivity index (χ0n) is 11.5. The maximum atomic E-state index is 12.7. The number of aliphatic hydroxyl groups excluding tert-OH is 1. The van der Waals surface area contributed by atoms with E-state index in [0.29, 0.717) is 5.56 Å². The van der Waals surface area contributed by atoms with Crippen LogP contribution in [-0.2, 0) is 14.3 Å². The molecule has 0 aliphatic carbocycles. The van der Waals surface area contributed by atoms with Crippen LogP contribution >= 0.6 is 0 Å². The van der Waals surface area contributed by atoms with Crippen LogP contribution in [0.5, 0.6) is 0 Å². The topological polar surface area (TPSA) is 92.7 Å². The fourth-order valence-electron chi connectivity index (χ4n) is 1.60. The van der Waals surface area contributed by atoms with Crippen molar-refractivity contribution >= 4 is 17.7 Å². The number of amides is 1. The lowest BCUT2D eigenvalue weighted by Crippen LogP contribution is -2.44. The molecule has 0 unspecified atom stereocenters. The first-order valence-electron chi connectivity index (χ1n) is 6.24. The third-order valence-corrected chi connectivity index (χ3v) is 2.75. The van der Waals surface area contributed by atoms with Gasteiger partial charge in [0.1, 0.15) is 5.82 Å². The van der Waals surface area contributed by atoms with Gasteiger partial charge in [-0.3, -0.25) is 9.59 Å². The van der Waals surface area contributed by atoms with E-state index in [9.17, 15) is 18.8 Å². The molecule has 0 bridgehead atoms. The van der Waals surface area contributed by atoms with E-state index in [1.165, 1.54) is 12.1 Å². The van der Waals surface area contributed by atoms with Crippen molar-refractivity contribution in [2.24, 2.45) is 0 Å². The second kappa shape index (κ2) is 8.11. The number of ether oxygens (including phenoxy) is 1. The Hall–Kier alpha value is -2.28. The summed E-state index contributed by atoms with van der Waals surface area (Å²) in [5.41, 5.74) is 0.302. The van der Waals surface area contributed by atoms with E-state index in [1.54, 1.807) is 0 Å². The lowest BCUT2D eigenvalue weighted by atomic mass is 10.1. The normalized spacial score (nSPS) is 11.6. The number of rotatable bonds is 7. The summed E-state index contributed by atoms with van der Waals surface area (Å²) in [5, 5.41) is 11.2. The quantitative estimate of drug-likeness (QED) is 0.562. The first kappa shape index (κ1) is 16.8. The van der Waals surface area contributed by atoms with Crippen LogP contribution < -0.4 is 5.32 Å². The highest BCUT2D eigenvalue weighted by Gasteiger charge is 2.20. The number of Topliss-reactive ketones (excluding diaryl/α,β-unsaturated/α-hetero) is 1. The molecule has 6 nitrogen and oxygen atoms in total. The number of methoxy groups -OCH3 is 1. The highest BCUT2D eigenvalue weighted by molar-refractivity contribution is 5.98. The predicted octanol–water partition coefficient (Wildman–Crippen LogP) is 0.439. The SMILES string of the molecule is COC(=O)[C@H](CO)NC(=O)CCC(=O)c1ccc(F)cc1. The van der Waals surface area contributed by atoms with Crippen molar-refractivity contribution in [1.29, 1.82) is 0 Å². The standard InChI is InChI=1S/C14H16FNO5/c1-21-14(20)11(8-17)16-13(19)7-6-12(18)9-2-4-10(15)5-3-9/h2-5,11,17H,6-8H2,1H3,(H,16,19)/t11-/m0/s1. The van der Waals surface area contributed by atoms with Gasteiger partial charge in [-0.25, -0.2) is 9.18 Å². The summed E-state index contributed by atoms with van der Waals surface area (Å²) >= 11 is 0. The molecule has 1 amide bonds. The van der Waals surface area contributed by atoms with Gasteiger partial charge in [-0.1, -0.05) is 0 Å². The van der Waals surface area contributed by atoms with Gasteiger partial charge in [0.05, 0.1) is 13.7 Å². The molecule has 0 spiro atoms. The number of aliphatic hydroxyl groups is 1. The summed E-state index contributed by atoms with van der Waals surface area (Å²) in [5.74, 6) is -2.09. The first-order valence-corrected chi connectivity index (χ1v) is 6.24. The minimum Gasteiger partial charge on any atom is -0.467 e. The average molecular weight is 297 g/mol.